The van der Waals surface area contributed by atoms with Crippen molar-refractivity contribution >= 4 is 16.5 Å². The molecule has 0 amide bonds. The van der Waals surface area contributed by atoms with Crippen LogP contribution in [-0.2, 0) is 6.54 Å². The lowest BCUT2D eigenvalue weighted by Crippen LogP contribution is -2.29. The van der Waals surface area contributed by atoms with Gasteiger partial charge in [-0.1, -0.05) is 0 Å². The molecule has 0 unspecified atom stereocenters. The maximum absolute atomic E-state index is 12.3. The Hall–Kier alpha value is -0.820. The minimum Gasteiger partial charge on any atom is -0.375 e. The summed E-state index contributed by atoms with van der Waals surface area (Å²) in [7, 11) is 0. The van der Waals surface area contributed by atoms with Gasteiger partial charge in [-0.2, -0.15) is 13.2 Å². The standard InChI is InChI=1S/C11H16F3N3S/c12-11(13,14)3-4-17(6-8-1-2-8)7-9-5-16-10(15)18-9/h5,8H,1-4,6-7H2,(H2,15,16). The van der Waals surface area contributed by atoms with Crippen molar-refractivity contribution in [2.45, 2.75) is 32.0 Å². The molecule has 1 fully saturated rings. The number of halogens is 3. The van der Waals surface area contributed by atoms with Crippen molar-refractivity contribution in [2.24, 2.45) is 5.92 Å². The summed E-state index contributed by atoms with van der Waals surface area (Å²) in [6.45, 7) is 1.31. The third-order valence-electron chi connectivity index (χ3n) is 2.88. The fourth-order valence-electron chi connectivity index (χ4n) is 1.80. The third-order valence-corrected chi connectivity index (χ3v) is 3.69. The van der Waals surface area contributed by atoms with Gasteiger partial charge in [0.1, 0.15) is 0 Å². The van der Waals surface area contributed by atoms with Crippen LogP contribution < -0.4 is 5.73 Å². The molecule has 0 aliphatic heterocycles. The Morgan fingerprint density at radius 3 is 2.67 bits per heavy atom. The number of nitrogens with zero attached hydrogens (tertiary/aromatic N) is 2. The van der Waals surface area contributed by atoms with E-state index >= 15 is 0 Å². The summed E-state index contributed by atoms with van der Waals surface area (Å²) in [6, 6.07) is 0. The maximum atomic E-state index is 12.3. The summed E-state index contributed by atoms with van der Waals surface area (Å²) in [5.41, 5.74) is 5.52. The lowest BCUT2D eigenvalue weighted by atomic mass is 10.3. The lowest BCUT2D eigenvalue weighted by Gasteiger charge is -2.22. The van der Waals surface area contributed by atoms with E-state index in [0.29, 0.717) is 17.6 Å². The van der Waals surface area contributed by atoms with Crippen LogP contribution in [0.5, 0.6) is 0 Å². The molecule has 2 rings (SSSR count). The van der Waals surface area contributed by atoms with Crippen LogP contribution >= 0.6 is 11.3 Å². The predicted octanol–water partition coefficient (Wildman–Crippen LogP) is 2.89. The summed E-state index contributed by atoms with van der Waals surface area (Å²) in [5, 5.41) is 0.465. The number of nitrogens with two attached hydrogens (primary N) is 1. The number of hydrogen-bond acceptors (Lipinski definition) is 4. The van der Waals surface area contributed by atoms with Crippen molar-refractivity contribution < 1.29 is 13.2 Å². The molecular weight excluding hydrogens is 263 g/mol. The molecule has 0 saturated heterocycles. The van der Waals surface area contributed by atoms with E-state index < -0.39 is 12.6 Å². The molecule has 18 heavy (non-hydrogen) atoms. The van der Waals surface area contributed by atoms with Gasteiger partial charge in [0.25, 0.3) is 0 Å². The molecule has 7 heteroatoms. The zero-order valence-electron chi connectivity index (χ0n) is 9.91. The van der Waals surface area contributed by atoms with E-state index in [4.69, 9.17) is 5.73 Å². The second kappa shape index (κ2) is 5.44. The zero-order valence-corrected chi connectivity index (χ0v) is 10.7. The zero-order chi connectivity index (χ0) is 13.2. The minimum absolute atomic E-state index is 0.0534. The van der Waals surface area contributed by atoms with Crippen LogP contribution in [0, 0.1) is 5.92 Å². The van der Waals surface area contributed by atoms with Gasteiger partial charge >= 0.3 is 6.18 Å². The first-order valence-electron chi connectivity index (χ1n) is 5.91. The molecule has 0 radical (unpaired) electrons. The molecule has 2 N–H and O–H groups in total. The second-order valence-electron chi connectivity index (χ2n) is 4.71. The average Bonchev–Trinajstić information content (AvgIpc) is 2.97. The summed E-state index contributed by atoms with van der Waals surface area (Å²) >= 11 is 1.34. The fraction of sp³-hybridized carbons (Fsp3) is 0.727. The van der Waals surface area contributed by atoms with Gasteiger partial charge in [-0.05, 0) is 18.8 Å². The fourth-order valence-corrected chi connectivity index (χ4v) is 2.53. The number of nitrogen functional groups attached to an aromatic ring is 1. The molecule has 1 aromatic heterocycles. The van der Waals surface area contributed by atoms with Crippen LogP contribution in [0.3, 0.4) is 0 Å². The minimum atomic E-state index is -4.09. The van der Waals surface area contributed by atoms with Gasteiger partial charge in [0.05, 0.1) is 6.42 Å². The van der Waals surface area contributed by atoms with E-state index in [1.807, 2.05) is 4.90 Å². The van der Waals surface area contributed by atoms with Crippen molar-refractivity contribution in [1.29, 1.82) is 0 Å². The monoisotopic (exact) mass is 279 g/mol. The Kier molecular flexibility index (Phi) is 4.11. The van der Waals surface area contributed by atoms with Gasteiger partial charge in [0, 0.05) is 30.7 Å². The normalized spacial score (nSPS) is 16.4. The Morgan fingerprint density at radius 2 is 2.17 bits per heavy atom. The number of anilines is 1. The first-order valence-corrected chi connectivity index (χ1v) is 6.73. The van der Waals surface area contributed by atoms with Crippen molar-refractivity contribution in [3.63, 3.8) is 0 Å². The molecule has 1 aromatic rings. The van der Waals surface area contributed by atoms with Crippen LogP contribution in [-0.4, -0.2) is 29.1 Å². The highest BCUT2D eigenvalue weighted by Crippen LogP contribution is 2.31. The van der Waals surface area contributed by atoms with Gasteiger partial charge in [-0.3, -0.25) is 4.90 Å². The molecule has 1 aliphatic carbocycles. The SMILES string of the molecule is Nc1ncc(CN(CCC(F)(F)F)CC2CC2)s1. The van der Waals surface area contributed by atoms with Crippen molar-refractivity contribution in [2.75, 3.05) is 18.8 Å². The van der Waals surface area contributed by atoms with Gasteiger partial charge in [-0.25, -0.2) is 4.98 Å². The van der Waals surface area contributed by atoms with Gasteiger partial charge in [0.15, 0.2) is 5.13 Å². The quantitative estimate of drug-likeness (QED) is 0.870. The van der Waals surface area contributed by atoms with Crippen LogP contribution in [0.25, 0.3) is 0 Å². The predicted molar refractivity (Wildman–Crippen MR) is 65.2 cm³/mol. The molecule has 1 heterocycles. The van der Waals surface area contributed by atoms with E-state index in [0.717, 1.165) is 24.3 Å². The van der Waals surface area contributed by atoms with Crippen LogP contribution in [0.1, 0.15) is 24.1 Å². The Morgan fingerprint density at radius 1 is 1.44 bits per heavy atom. The van der Waals surface area contributed by atoms with E-state index in [1.54, 1.807) is 6.20 Å². The Labute approximate surface area is 108 Å². The third kappa shape index (κ3) is 4.81. The largest absolute Gasteiger partial charge is 0.390 e. The Bertz CT molecular complexity index is 387. The smallest absolute Gasteiger partial charge is 0.375 e. The van der Waals surface area contributed by atoms with Crippen LogP contribution in [0.2, 0.25) is 0 Å². The molecule has 1 aliphatic rings. The average molecular weight is 279 g/mol. The van der Waals surface area contributed by atoms with Gasteiger partial charge in [0.2, 0.25) is 0 Å². The van der Waals surface area contributed by atoms with Gasteiger partial charge in [-0.15, -0.1) is 11.3 Å². The second-order valence-corrected chi connectivity index (χ2v) is 5.86. The highest BCUT2D eigenvalue weighted by molar-refractivity contribution is 7.15. The molecular formula is C11H16F3N3S. The van der Waals surface area contributed by atoms with Crippen molar-refractivity contribution in [1.82, 2.24) is 9.88 Å². The van der Waals surface area contributed by atoms with Gasteiger partial charge < -0.3 is 5.73 Å². The van der Waals surface area contributed by atoms with E-state index in [1.165, 1.54) is 11.3 Å². The number of alkyl halides is 3. The first-order chi connectivity index (χ1) is 8.42. The van der Waals surface area contributed by atoms with Crippen LogP contribution in [0.4, 0.5) is 18.3 Å². The molecule has 0 spiro atoms. The summed E-state index contributed by atoms with van der Waals surface area (Å²) in [4.78, 5) is 6.71. The number of thiazole rings is 1. The molecule has 1 saturated carbocycles. The molecule has 102 valence electrons. The van der Waals surface area contributed by atoms with E-state index in [9.17, 15) is 13.2 Å². The highest BCUT2D eigenvalue weighted by Gasteiger charge is 2.30. The molecule has 3 nitrogen and oxygen atoms in total. The topological polar surface area (TPSA) is 42.1 Å². The number of hydrogen-bond donors (Lipinski definition) is 1. The van der Waals surface area contributed by atoms with E-state index in [-0.39, 0.29) is 6.54 Å². The molecule has 0 bridgehead atoms. The molecule has 0 aromatic carbocycles. The molecule has 0 atom stereocenters. The summed E-state index contributed by atoms with van der Waals surface area (Å²) < 4.78 is 36.8. The maximum Gasteiger partial charge on any atom is 0.390 e. The van der Waals surface area contributed by atoms with E-state index in [2.05, 4.69) is 4.98 Å². The number of aromatic nitrogens is 1. The van der Waals surface area contributed by atoms with Crippen LogP contribution in [0.15, 0.2) is 6.20 Å². The van der Waals surface area contributed by atoms with Crippen molar-refractivity contribution in [3.8, 4) is 0 Å². The summed E-state index contributed by atoms with van der Waals surface area (Å²) in [6.07, 6.45) is -0.934. The lowest BCUT2D eigenvalue weighted by molar-refractivity contribution is -0.138. The summed E-state index contributed by atoms with van der Waals surface area (Å²) in [5.74, 6) is 0.573. The first kappa shape index (κ1) is 13.6. The van der Waals surface area contributed by atoms with Crippen molar-refractivity contribution in [3.05, 3.63) is 11.1 Å². The highest BCUT2D eigenvalue weighted by atomic mass is 32.1. The Balaban J connectivity index is 1.87. The number of rotatable bonds is 6.